The molecule has 0 atom stereocenters. The number of aryl methyl sites for hydroxylation is 2. The third-order valence-corrected chi connectivity index (χ3v) is 3.45. The number of rotatable bonds is 3. The summed E-state index contributed by atoms with van der Waals surface area (Å²) in [5.41, 5.74) is 2.19. The van der Waals surface area contributed by atoms with Crippen molar-refractivity contribution in [1.29, 1.82) is 0 Å². The Morgan fingerprint density at radius 1 is 1.24 bits per heavy atom. The Kier molecular flexibility index (Phi) is 4.37. The zero-order chi connectivity index (χ0) is 15.6. The molecule has 0 bridgehead atoms. The van der Waals surface area contributed by atoms with Gasteiger partial charge in [0.2, 0.25) is 0 Å². The molecule has 0 aliphatic heterocycles. The van der Waals surface area contributed by atoms with Crippen LogP contribution in [-0.2, 0) is 0 Å². The van der Waals surface area contributed by atoms with Crippen LogP contribution in [0.4, 0.5) is 5.69 Å². The van der Waals surface area contributed by atoms with Gasteiger partial charge in [-0.25, -0.2) is 4.79 Å². The van der Waals surface area contributed by atoms with E-state index in [1.165, 1.54) is 18.3 Å². The monoisotopic (exact) mass is 348 g/mol. The molecule has 1 aromatic carbocycles. The van der Waals surface area contributed by atoms with E-state index in [1.54, 1.807) is 0 Å². The summed E-state index contributed by atoms with van der Waals surface area (Å²) in [6.07, 6.45) is 1.39. The number of nitrogens with zero attached hydrogens (tertiary/aromatic N) is 1. The summed E-state index contributed by atoms with van der Waals surface area (Å²) in [5, 5.41) is 11.8. The van der Waals surface area contributed by atoms with E-state index in [4.69, 9.17) is 5.11 Å². The first-order valence-electron chi connectivity index (χ1n) is 6.16. The van der Waals surface area contributed by atoms with Crippen LogP contribution in [0, 0.1) is 13.8 Å². The lowest BCUT2D eigenvalue weighted by molar-refractivity contribution is 0.0691. The van der Waals surface area contributed by atoms with Gasteiger partial charge in [0.15, 0.2) is 0 Å². The molecule has 0 fully saturated rings. The second kappa shape index (κ2) is 6.05. The van der Waals surface area contributed by atoms with E-state index in [-0.39, 0.29) is 11.3 Å². The van der Waals surface area contributed by atoms with Crippen LogP contribution in [0.3, 0.4) is 0 Å². The molecule has 1 heterocycles. The number of benzene rings is 1. The topological polar surface area (TPSA) is 79.3 Å². The van der Waals surface area contributed by atoms with Crippen molar-refractivity contribution in [3.63, 3.8) is 0 Å². The van der Waals surface area contributed by atoms with Crippen LogP contribution >= 0.6 is 15.9 Å². The maximum absolute atomic E-state index is 12.3. The molecule has 0 unspecified atom stereocenters. The molecule has 0 aliphatic rings. The Labute approximate surface area is 130 Å². The van der Waals surface area contributed by atoms with Gasteiger partial charge in [0, 0.05) is 16.4 Å². The molecule has 1 amide bonds. The molecule has 108 valence electrons. The van der Waals surface area contributed by atoms with Gasteiger partial charge < -0.3 is 10.4 Å². The fourth-order valence-electron chi connectivity index (χ4n) is 2.04. The number of anilines is 1. The maximum Gasteiger partial charge on any atom is 0.338 e. The fourth-order valence-corrected chi connectivity index (χ4v) is 2.73. The van der Waals surface area contributed by atoms with Gasteiger partial charge in [-0.15, -0.1) is 0 Å². The van der Waals surface area contributed by atoms with Crippen LogP contribution in [0.2, 0.25) is 0 Å². The lowest BCUT2D eigenvalue weighted by Crippen LogP contribution is -2.19. The van der Waals surface area contributed by atoms with Gasteiger partial charge >= 0.3 is 5.97 Å². The highest BCUT2D eigenvalue weighted by Gasteiger charge is 2.18. The van der Waals surface area contributed by atoms with E-state index >= 15 is 0 Å². The van der Waals surface area contributed by atoms with E-state index < -0.39 is 11.9 Å². The SMILES string of the molecule is Cc1cc(Br)cc(C)c1NC(=O)c1ncccc1C(=O)O. The van der Waals surface area contributed by atoms with Crippen molar-refractivity contribution >= 4 is 33.5 Å². The highest BCUT2D eigenvalue weighted by Crippen LogP contribution is 2.25. The number of amides is 1. The third-order valence-electron chi connectivity index (χ3n) is 2.99. The molecule has 0 aliphatic carbocycles. The number of pyridine rings is 1. The quantitative estimate of drug-likeness (QED) is 0.890. The average Bonchev–Trinajstić information content (AvgIpc) is 2.42. The smallest absolute Gasteiger partial charge is 0.338 e. The molecule has 21 heavy (non-hydrogen) atoms. The van der Waals surface area contributed by atoms with Gasteiger partial charge in [-0.1, -0.05) is 15.9 Å². The first-order valence-corrected chi connectivity index (χ1v) is 6.96. The lowest BCUT2D eigenvalue weighted by atomic mass is 10.1. The molecule has 2 rings (SSSR count). The molecule has 0 saturated heterocycles. The molecule has 1 aromatic heterocycles. The van der Waals surface area contributed by atoms with Crippen molar-refractivity contribution in [3.8, 4) is 0 Å². The molecule has 5 nitrogen and oxygen atoms in total. The zero-order valence-corrected chi connectivity index (χ0v) is 13.1. The van der Waals surface area contributed by atoms with Crippen molar-refractivity contribution in [2.75, 3.05) is 5.32 Å². The summed E-state index contributed by atoms with van der Waals surface area (Å²) < 4.78 is 0.916. The second-order valence-corrected chi connectivity index (χ2v) is 5.49. The van der Waals surface area contributed by atoms with Crippen molar-refractivity contribution in [3.05, 3.63) is 57.3 Å². The number of carbonyl (C=O) groups excluding carboxylic acids is 1. The Hall–Kier alpha value is -2.21. The molecular formula is C15H13BrN2O3. The predicted octanol–water partition coefficient (Wildman–Crippen LogP) is 3.41. The maximum atomic E-state index is 12.3. The highest BCUT2D eigenvalue weighted by atomic mass is 79.9. The minimum atomic E-state index is -1.18. The van der Waals surface area contributed by atoms with Gasteiger partial charge in [0.05, 0.1) is 5.56 Å². The molecule has 2 N–H and O–H groups in total. The van der Waals surface area contributed by atoms with Crippen LogP contribution in [0.25, 0.3) is 0 Å². The number of hydrogen-bond donors (Lipinski definition) is 2. The van der Waals surface area contributed by atoms with Gasteiger partial charge in [-0.3, -0.25) is 9.78 Å². The Bertz CT molecular complexity index is 706. The summed E-state index contributed by atoms with van der Waals surface area (Å²) in [6, 6.07) is 6.58. The van der Waals surface area contributed by atoms with Gasteiger partial charge in [0.25, 0.3) is 5.91 Å². The fraction of sp³-hybridized carbons (Fsp3) is 0.133. The number of nitrogens with one attached hydrogen (secondary N) is 1. The second-order valence-electron chi connectivity index (χ2n) is 4.57. The Morgan fingerprint density at radius 2 is 1.86 bits per heavy atom. The summed E-state index contributed by atoms with van der Waals surface area (Å²) in [6.45, 7) is 3.73. The molecule has 6 heteroatoms. The Morgan fingerprint density at radius 3 is 2.43 bits per heavy atom. The Balaban J connectivity index is 2.38. The summed E-state index contributed by atoms with van der Waals surface area (Å²) in [5.74, 6) is -1.72. The minimum Gasteiger partial charge on any atom is -0.478 e. The molecule has 0 radical (unpaired) electrons. The van der Waals surface area contributed by atoms with E-state index in [9.17, 15) is 9.59 Å². The van der Waals surface area contributed by atoms with Gasteiger partial charge in [-0.05, 0) is 49.2 Å². The number of halogens is 1. The van der Waals surface area contributed by atoms with E-state index in [2.05, 4.69) is 26.2 Å². The molecule has 2 aromatic rings. The number of carboxylic acid groups (broad SMARTS) is 1. The largest absolute Gasteiger partial charge is 0.478 e. The number of hydrogen-bond acceptors (Lipinski definition) is 3. The zero-order valence-electron chi connectivity index (χ0n) is 11.5. The summed E-state index contributed by atoms with van der Waals surface area (Å²) in [4.78, 5) is 27.3. The van der Waals surface area contributed by atoms with E-state index in [1.807, 2.05) is 26.0 Å². The van der Waals surface area contributed by atoms with Crippen LogP contribution in [0.5, 0.6) is 0 Å². The van der Waals surface area contributed by atoms with Crippen LogP contribution in [0.15, 0.2) is 34.9 Å². The molecule has 0 spiro atoms. The van der Waals surface area contributed by atoms with Crippen molar-refractivity contribution in [2.45, 2.75) is 13.8 Å². The first-order chi connectivity index (χ1) is 9.90. The average molecular weight is 349 g/mol. The van der Waals surface area contributed by atoms with E-state index in [0.29, 0.717) is 5.69 Å². The van der Waals surface area contributed by atoms with Crippen LogP contribution in [-0.4, -0.2) is 22.0 Å². The third kappa shape index (κ3) is 3.28. The standard InChI is InChI=1S/C15H13BrN2O3/c1-8-6-10(16)7-9(2)12(8)18-14(19)13-11(15(20)21)4-3-5-17-13/h3-7H,1-2H3,(H,18,19)(H,20,21). The minimum absolute atomic E-state index is 0.105. The lowest BCUT2D eigenvalue weighted by Gasteiger charge is -2.12. The van der Waals surface area contributed by atoms with Crippen molar-refractivity contribution < 1.29 is 14.7 Å². The van der Waals surface area contributed by atoms with Gasteiger partial charge in [-0.2, -0.15) is 0 Å². The van der Waals surface area contributed by atoms with Crippen LogP contribution < -0.4 is 5.32 Å². The predicted molar refractivity (Wildman–Crippen MR) is 82.8 cm³/mol. The van der Waals surface area contributed by atoms with Crippen molar-refractivity contribution in [1.82, 2.24) is 4.98 Å². The number of carbonyl (C=O) groups is 2. The number of carboxylic acids is 1. The van der Waals surface area contributed by atoms with E-state index in [0.717, 1.165) is 15.6 Å². The summed E-state index contributed by atoms with van der Waals surface area (Å²) in [7, 11) is 0. The van der Waals surface area contributed by atoms with Crippen LogP contribution in [0.1, 0.15) is 32.0 Å². The molecular weight excluding hydrogens is 336 g/mol. The van der Waals surface area contributed by atoms with Crippen molar-refractivity contribution in [2.24, 2.45) is 0 Å². The summed E-state index contributed by atoms with van der Waals surface area (Å²) >= 11 is 3.39. The first kappa shape index (κ1) is 15.2. The highest BCUT2D eigenvalue weighted by molar-refractivity contribution is 9.10. The number of aromatic carboxylic acids is 1. The molecule has 0 saturated carbocycles. The number of aromatic nitrogens is 1. The normalized spacial score (nSPS) is 10.2. The van der Waals surface area contributed by atoms with Gasteiger partial charge in [0.1, 0.15) is 5.69 Å².